The monoisotopic (exact) mass is 291 g/mol. The van der Waals surface area contributed by atoms with E-state index in [2.05, 4.69) is 25.1 Å². The van der Waals surface area contributed by atoms with E-state index in [0.29, 0.717) is 5.15 Å². The lowest BCUT2D eigenvalue weighted by atomic mass is 10.3. The van der Waals surface area contributed by atoms with Crippen molar-refractivity contribution in [3.63, 3.8) is 0 Å². The predicted octanol–water partition coefficient (Wildman–Crippen LogP) is 0.893. The van der Waals surface area contributed by atoms with E-state index in [-0.39, 0.29) is 12.4 Å². The van der Waals surface area contributed by atoms with Crippen molar-refractivity contribution in [3.8, 4) is 0 Å². The van der Waals surface area contributed by atoms with Gasteiger partial charge in [-0.25, -0.2) is 9.97 Å². The predicted molar refractivity (Wildman–Crippen MR) is 76.9 cm³/mol. The molecule has 102 valence electrons. The van der Waals surface area contributed by atoms with Gasteiger partial charge in [0, 0.05) is 51.7 Å². The first kappa shape index (κ1) is 15.4. The second-order valence-corrected chi connectivity index (χ2v) is 4.46. The summed E-state index contributed by atoms with van der Waals surface area (Å²) < 4.78 is 0. The minimum Gasteiger partial charge on any atom is -0.351 e. The number of nitrogens with one attached hydrogen (secondary N) is 1. The molecule has 5 nitrogen and oxygen atoms in total. The second kappa shape index (κ2) is 7.74. The number of halogens is 2. The topological polar surface area (TPSA) is 44.3 Å². The molecule has 0 radical (unpaired) electrons. The van der Waals surface area contributed by atoms with Gasteiger partial charge in [0.05, 0.1) is 0 Å². The van der Waals surface area contributed by atoms with Crippen molar-refractivity contribution in [3.05, 3.63) is 17.5 Å². The third-order valence-electron chi connectivity index (χ3n) is 2.99. The van der Waals surface area contributed by atoms with E-state index in [1.54, 1.807) is 12.4 Å². The summed E-state index contributed by atoms with van der Waals surface area (Å²) in [6.07, 6.45) is 3.31. The fourth-order valence-corrected chi connectivity index (χ4v) is 2.20. The van der Waals surface area contributed by atoms with Crippen LogP contribution in [0.25, 0.3) is 0 Å². The maximum atomic E-state index is 6.04. The van der Waals surface area contributed by atoms with Crippen LogP contribution in [0.15, 0.2) is 12.4 Å². The molecular formula is C11H19Cl2N5. The van der Waals surface area contributed by atoms with E-state index in [4.69, 9.17) is 11.6 Å². The Morgan fingerprint density at radius 2 is 1.89 bits per heavy atom. The molecule has 0 bridgehead atoms. The summed E-state index contributed by atoms with van der Waals surface area (Å²) in [7, 11) is 1.98. The molecule has 0 aromatic carbocycles. The number of piperazine rings is 1. The lowest BCUT2D eigenvalue weighted by Gasteiger charge is -2.35. The SMILES string of the molecule is CNCCN1CCN(c2nccnc2Cl)CC1.Cl. The van der Waals surface area contributed by atoms with Gasteiger partial charge in [0.2, 0.25) is 0 Å². The number of aromatic nitrogens is 2. The Morgan fingerprint density at radius 3 is 2.50 bits per heavy atom. The fourth-order valence-electron chi connectivity index (χ4n) is 1.98. The van der Waals surface area contributed by atoms with Crippen LogP contribution in [-0.2, 0) is 0 Å². The molecule has 0 saturated carbocycles. The number of hydrogen-bond acceptors (Lipinski definition) is 5. The quantitative estimate of drug-likeness (QED) is 0.893. The zero-order valence-corrected chi connectivity index (χ0v) is 12.0. The Balaban J connectivity index is 0.00000162. The van der Waals surface area contributed by atoms with Crippen molar-refractivity contribution in [2.24, 2.45) is 0 Å². The zero-order valence-electron chi connectivity index (χ0n) is 10.5. The van der Waals surface area contributed by atoms with Crippen LogP contribution < -0.4 is 10.2 Å². The van der Waals surface area contributed by atoms with E-state index in [9.17, 15) is 0 Å². The molecule has 7 heteroatoms. The highest BCUT2D eigenvalue weighted by atomic mass is 35.5. The van der Waals surface area contributed by atoms with Gasteiger partial charge in [-0.1, -0.05) is 11.6 Å². The molecule has 1 aliphatic rings. The molecule has 1 saturated heterocycles. The molecule has 0 unspecified atom stereocenters. The van der Waals surface area contributed by atoms with Gasteiger partial charge in [-0.15, -0.1) is 12.4 Å². The number of hydrogen-bond donors (Lipinski definition) is 1. The summed E-state index contributed by atoms with van der Waals surface area (Å²) in [6, 6.07) is 0. The van der Waals surface area contributed by atoms with Crippen LogP contribution >= 0.6 is 24.0 Å². The lowest BCUT2D eigenvalue weighted by molar-refractivity contribution is 0.259. The average molecular weight is 292 g/mol. The van der Waals surface area contributed by atoms with Crippen LogP contribution in [0.4, 0.5) is 5.82 Å². The molecule has 1 aromatic heterocycles. The number of anilines is 1. The third kappa shape index (κ3) is 3.95. The van der Waals surface area contributed by atoms with E-state index >= 15 is 0 Å². The van der Waals surface area contributed by atoms with Crippen molar-refractivity contribution in [1.82, 2.24) is 20.2 Å². The van der Waals surface area contributed by atoms with Crippen LogP contribution in [0.2, 0.25) is 5.15 Å². The minimum absolute atomic E-state index is 0. The van der Waals surface area contributed by atoms with Gasteiger partial charge in [0.15, 0.2) is 11.0 Å². The molecule has 1 aromatic rings. The normalized spacial score (nSPS) is 16.4. The Morgan fingerprint density at radius 1 is 1.22 bits per heavy atom. The maximum Gasteiger partial charge on any atom is 0.171 e. The Hall–Kier alpha value is -0.620. The van der Waals surface area contributed by atoms with Gasteiger partial charge in [-0.3, -0.25) is 4.90 Å². The first-order chi connectivity index (χ1) is 8.31. The smallest absolute Gasteiger partial charge is 0.171 e. The summed E-state index contributed by atoms with van der Waals surface area (Å²) in [4.78, 5) is 13.0. The molecule has 2 heterocycles. The first-order valence-corrected chi connectivity index (χ1v) is 6.27. The van der Waals surface area contributed by atoms with Gasteiger partial charge < -0.3 is 10.2 Å². The Bertz CT molecular complexity index is 355. The molecule has 0 atom stereocenters. The van der Waals surface area contributed by atoms with Gasteiger partial charge in [0.1, 0.15) is 0 Å². The van der Waals surface area contributed by atoms with Crippen LogP contribution in [0.5, 0.6) is 0 Å². The fraction of sp³-hybridized carbons (Fsp3) is 0.636. The van der Waals surface area contributed by atoms with Crippen LogP contribution in [-0.4, -0.2) is 61.2 Å². The molecule has 1 fully saturated rings. The molecule has 2 rings (SSSR count). The van der Waals surface area contributed by atoms with Crippen molar-refractivity contribution in [1.29, 1.82) is 0 Å². The van der Waals surface area contributed by atoms with E-state index in [1.165, 1.54) is 0 Å². The van der Waals surface area contributed by atoms with Gasteiger partial charge in [0.25, 0.3) is 0 Å². The number of likely N-dealkylation sites (N-methyl/N-ethyl adjacent to an activating group) is 1. The summed E-state index contributed by atoms with van der Waals surface area (Å²) >= 11 is 6.04. The standard InChI is InChI=1S/C11H18ClN5.ClH/c1-13-4-5-16-6-8-17(9-7-16)11-10(12)14-2-3-15-11;/h2-3,13H,4-9H2,1H3;1H. The summed E-state index contributed by atoms with van der Waals surface area (Å²) in [5.41, 5.74) is 0. The van der Waals surface area contributed by atoms with Crippen molar-refractivity contribution in [2.45, 2.75) is 0 Å². The first-order valence-electron chi connectivity index (χ1n) is 5.89. The van der Waals surface area contributed by atoms with Crippen molar-refractivity contribution < 1.29 is 0 Å². The molecule has 18 heavy (non-hydrogen) atoms. The molecule has 0 spiro atoms. The Kier molecular flexibility index (Phi) is 6.63. The zero-order chi connectivity index (χ0) is 12.1. The van der Waals surface area contributed by atoms with Gasteiger partial charge in [-0.2, -0.15) is 0 Å². The molecular weight excluding hydrogens is 273 g/mol. The number of rotatable bonds is 4. The van der Waals surface area contributed by atoms with Gasteiger partial charge in [-0.05, 0) is 7.05 Å². The highest BCUT2D eigenvalue weighted by molar-refractivity contribution is 6.31. The molecule has 1 aliphatic heterocycles. The third-order valence-corrected chi connectivity index (χ3v) is 3.25. The second-order valence-electron chi connectivity index (χ2n) is 4.10. The van der Waals surface area contributed by atoms with Crippen molar-refractivity contribution >= 4 is 29.8 Å². The van der Waals surface area contributed by atoms with Crippen LogP contribution in [0, 0.1) is 0 Å². The van der Waals surface area contributed by atoms with Crippen LogP contribution in [0.3, 0.4) is 0 Å². The summed E-state index contributed by atoms with van der Waals surface area (Å²) in [6.45, 7) is 6.15. The highest BCUT2D eigenvalue weighted by Crippen LogP contribution is 2.20. The minimum atomic E-state index is 0. The van der Waals surface area contributed by atoms with Crippen molar-refractivity contribution in [2.75, 3.05) is 51.2 Å². The lowest BCUT2D eigenvalue weighted by Crippen LogP contribution is -2.48. The van der Waals surface area contributed by atoms with E-state index in [1.807, 2.05) is 7.05 Å². The summed E-state index contributed by atoms with van der Waals surface area (Å²) in [5.74, 6) is 0.808. The number of nitrogens with zero attached hydrogens (tertiary/aromatic N) is 4. The molecule has 0 aliphatic carbocycles. The molecule has 0 amide bonds. The largest absolute Gasteiger partial charge is 0.351 e. The van der Waals surface area contributed by atoms with Gasteiger partial charge >= 0.3 is 0 Å². The van der Waals surface area contributed by atoms with Crippen LogP contribution in [0.1, 0.15) is 0 Å². The maximum absolute atomic E-state index is 6.04. The highest BCUT2D eigenvalue weighted by Gasteiger charge is 2.19. The van der Waals surface area contributed by atoms with E-state index in [0.717, 1.165) is 45.1 Å². The molecule has 1 N–H and O–H groups in total. The summed E-state index contributed by atoms with van der Waals surface area (Å²) in [5, 5.41) is 3.66. The Labute approximate surface area is 119 Å². The average Bonchev–Trinajstić information content (AvgIpc) is 2.38. The van der Waals surface area contributed by atoms with E-state index < -0.39 is 0 Å².